The number of hydrogen-bond donors (Lipinski definition) is 2. The third-order valence-electron chi connectivity index (χ3n) is 4.20. The minimum absolute atomic E-state index is 0.0225. The fourth-order valence-electron chi connectivity index (χ4n) is 2.18. The van der Waals surface area contributed by atoms with Gasteiger partial charge in [0.05, 0.1) is 11.0 Å². The summed E-state index contributed by atoms with van der Waals surface area (Å²) in [6.07, 6.45) is 0.371. The predicted molar refractivity (Wildman–Crippen MR) is 89.5 cm³/mol. The molecule has 0 saturated heterocycles. The fourth-order valence-corrected chi connectivity index (χ4v) is 2.18. The normalized spacial score (nSPS) is 15.2. The third kappa shape index (κ3) is 7.20. The molecule has 0 fully saturated rings. The van der Waals surface area contributed by atoms with E-state index < -0.39 is 28.7 Å². The first-order valence-corrected chi connectivity index (χ1v) is 8.01. The number of alkyl carbamates (subject to hydrolysis) is 1. The van der Waals surface area contributed by atoms with Crippen LogP contribution in [-0.4, -0.2) is 42.0 Å². The number of carbonyl (C=O) groups excluding carboxylic acids is 1. The molecule has 0 aliphatic heterocycles. The van der Waals surface area contributed by atoms with Gasteiger partial charge in [-0.15, -0.1) is 0 Å². The molecule has 0 rings (SSSR count). The molecule has 0 bridgehead atoms. The number of aliphatic carboxylic acids is 1. The van der Waals surface area contributed by atoms with Crippen LogP contribution in [-0.2, 0) is 14.3 Å². The van der Waals surface area contributed by atoms with Crippen LogP contribution in [0, 0.1) is 11.3 Å². The maximum absolute atomic E-state index is 11.9. The lowest BCUT2D eigenvalue weighted by Gasteiger charge is -2.36. The Morgan fingerprint density at radius 2 is 1.61 bits per heavy atom. The van der Waals surface area contributed by atoms with Crippen molar-refractivity contribution >= 4 is 12.1 Å². The lowest BCUT2D eigenvalue weighted by molar-refractivity contribution is -0.153. The van der Waals surface area contributed by atoms with Crippen LogP contribution in [0.2, 0.25) is 0 Å². The molecule has 0 heterocycles. The number of rotatable bonds is 8. The molecule has 136 valence electrons. The molecule has 1 unspecified atom stereocenters. The lowest BCUT2D eigenvalue weighted by atomic mass is 9.72. The Kier molecular flexibility index (Phi) is 7.54. The van der Waals surface area contributed by atoms with E-state index >= 15 is 0 Å². The van der Waals surface area contributed by atoms with E-state index in [0.717, 1.165) is 0 Å². The van der Waals surface area contributed by atoms with Crippen molar-refractivity contribution in [2.75, 3.05) is 13.7 Å². The van der Waals surface area contributed by atoms with Crippen LogP contribution in [0.3, 0.4) is 0 Å². The molecule has 0 saturated carbocycles. The summed E-state index contributed by atoms with van der Waals surface area (Å²) in [4.78, 5) is 23.8. The van der Waals surface area contributed by atoms with Crippen molar-refractivity contribution in [3.05, 3.63) is 0 Å². The number of amides is 1. The fraction of sp³-hybridized carbons (Fsp3) is 0.882. The summed E-state index contributed by atoms with van der Waals surface area (Å²) in [7, 11) is 1.61. The second kappa shape index (κ2) is 7.99. The van der Waals surface area contributed by atoms with Gasteiger partial charge >= 0.3 is 12.1 Å². The number of carboxylic acid groups (broad SMARTS) is 1. The topological polar surface area (TPSA) is 84.9 Å². The van der Waals surface area contributed by atoms with Gasteiger partial charge in [0.15, 0.2) is 0 Å². The van der Waals surface area contributed by atoms with Crippen molar-refractivity contribution in [3.63, 3.8) is 0 Å². The van der Waals surface area contributed by atoms with Gasteiger partial charge in [0, 0.05) is 13.7 Å². The molecule has 6 heteroatoms. The number of hydrogen-bond acceptors (Lipinski definition) is 4. The first-order valence-electron chi connectivity index (χ1n) is 8.01. The molecule has 0 spiro atoms. The third-order valence-corrected chi connectivity index (χ3v) is 4.20. The first kappa shape index (κ1) is 21.7. The SMILES string of the molecule is COC(C)(C)CCC(CNC(=O)OC(C)(C)C)(C(=O)O)C(C)C. The lowest BCUT2D eigenvalue weighted by Crippen LogP contribution is -2.48. The predicted octanol–water partition coefficient (Wildman–Crippen LogP) is 3.44. The second-order valence-electron chi connectivity index (χ2n) is 7.94. The summed E-state index contributed by atoms with van der Waals surface area (Å²) in [6.45, 7) is 12.9. The van der Waals surface area contributed by atoms with E-state index in [4.69, 9.17) is 9.47 Å². The number of nitrogens with one attached hydrogen (secondary N) is 1. The van der Waals surface area contributed by atoms with Gasteiger partial charge < -0.3 is 19.9 Å². The molecule has 0 aliphatic rings. The molecule has 0 radical (unpaired) electrons. The van der Waals surface area contributed by atoms with E-state index in [1.807, 2.05) is 27.7 Å². The zero-order valence-corrected chi connectivity index (χ0v) is 15.8. The first-order chi connectivity index (χ1) is 10.3. The van der Waals surface area contributed by atoms with Crippen molar-refractivity contribution in [2.45, 2.75) is 72.5 Å². The Labute approximate surface area is 139 Å². The standard InChI is InChI=1S/C17H33NO5/c1-12(2)17(13(19)20,10-9-16(6,7)22-8)11-18-14(21)23-15(3,4)5/h12H,9-11H2,1-8H3,(H,18,21)(H,19,20). The molecule has 23 heavy (non-hydrogen) atoms. The van der Waals surface area contributed by atoms with Crippen LogP contribution in [0.25, 0.3) is 0 Å². The van der Waals surface area contributed by atoms with Gasteiger partial charge in [-0.1, -0.05) is 13.8 Å². The van der Waals surface area contributed by atoms with Crippen molar-refractivity contribution < 1.29 is 24.2 Å². The quantitative estimate of drug-likeness (QED) is 0.711. The Balaban J connectivity index is 5.08. The van der Waals surface area contributed by atoms with Crippen molar-refractivity contribution in [1.29, 1.82) is 0 Å². The van der Waals surface area contributed by atoms with Crippen LogP contribution in [0.1, 0.15) is 61.3 Å². The number of ether oxygens (including phenoxy) is 2. The van der Waals surface area contributed by atoms with E-state index in [-0.39, 0.29) is 12.5 Å². The maximum atomic E-state index is 11.9. The number of carboxylic acids is 1. The summed E-state index contributed by atoms with van der Waals surface area (Å²) in [5, 5.41) is 12.4. The molecule has 0 aliphatic carbocycles. The van der Waals surface area contributed by atoms with Gasteiger partial charge in [-0.05, 0) is 53.4 Å². The highest BCUT2D eigenvalue weighted by Gasteiger charge is 2.43. The van der Waals surface area contributed by atoms with Crippen molar-refractivity contribution in [2.24, 2.45) is 11.3 Å². The van der Waals surface area contributed by atoms with Gasteiger partial charge in [-0.3, -0.25) is 4.79 Å². The van der Waals surface area contributed by atoms with Crippen LogP contribution >= 0.6 is 0 Å². The molecule has 0 aromatic heterocycles. The van der Waals surface area contributed by atoms with Crippen molar-refractivity contribution in [3.8, 4) is 0 Å². The van der Waals surface area contributed by atoms with E-state index in [9.17, 15) is 14.7 Å². The Hall–Kier alpha value is -1.30. The highest BCUT2D eigenvalue weighted by molar-refractivity contribution is 5.76. The van der Waals surface area contributed by atoms with Crippen LogP contribution in [0.4, 0.5) is 4.79 Å². The summed E-state index contributed by atoms with van der Waals surface area (Å²) in [5.74, 6) is -1.07. The smallest absolute Gasteiger partial charge is 0.407 e. The molecular weight excluding hydrogens is 298 g/mol. The highest BCUT2D eigenvalue weighted by Crippen LogP contribution is 2.35. The largest absolute Gasteiger partial charge is 0.481 e. The molecular formula is C17H33NO5. The van der Waals surface area contributed by atoms with Gasteiger partial charge in [0.25, 0.3) is 0 Å². The molecule has 0 aromatic carbocycles. The molecule has 2 N–H and O–H groups in total. The maximum Gasteiger partial charge on any atom is 0.407 e. The van der Waals surface area contributed by atoms with E-state index in [1.54, 1.807) is 27.9 Å². The Morgan fingerprint density at radius 1 is 1.09 bits per heavy atom. The summed E-state index contributed by atoms with van der Waals surface area (Å²) in [5.41, 5.74) is -2.10. The van der Waals surface area contributed by atoms with Crippen LogP contribution in [0.5, 0.6) is 0 Å². The number of methoxy groups -OCH3 is 1. The number of carbonyl (C=O) groups is 2. The van der Waals surface area contributed by atoms with Crippen LogP contribution in [0.15, 0.2) is 0 Å². The molecule has 0 aromatic rings. The highest BCUT2D eigenvalue weighted by atomic mass is 16.6. The molecule has 6 nitrogen and oxygen atoms in total. The van der Waals surface area contributed by atoms with Gasteiger partial charge in [0.1, 0.15) is 5.60 Å². The molecule has 1 atom stereocenters. The van der Waals surface area contributed by atoms with E-state index in [1.165, 1.54) is 0 Å². The zero-order valence-electron chi connectivity index (χ0n) is 15.8. The zero-order chi connectivity index (χ0) is 18.5. The van der Waals surface area contributed by atoms with Gasteiger partial charge in [-0.2, -0.15) is 0 Å². The van der Waals surface area contributed by atoms with E-state index in [2.05, 4.69) is 5.32 Å². The van der Waals surface area contributed by atoms with Gasteiger partial charge in [0.2, 0.25) is 0 Å². The Bertz CT molecular complexity index is 412. The second-order valence-corrected chi connectivity index (χ2v) is 7.94. The Morgan fingerprint density at radius 3 is 1.96 bits per heavy atom. The van der Waals surface area contributed by atoms with Crippen LogP contribution < -0.4 is 5.32 Å². The minimum atomic E-state index is -1.06. The average molecular weight is 331 g/mol. The minimum Gasteiger partial charge on any atom is -0.481 e. The summed E-state index contributed by atoms with van der Waals surface area (Å²) in [6, 6.07) is 0. The molecule has 1 amide bonds. The summed E-state index contributed by atoms with van der Waals surface area (Å²) >= 11 is 0. The van der Waals surface area contributed by atoms with E-state index in [0.29, 0.717) is 12.8 Å². The average Bonchev–Trinajstić information content (AvgIpc) is 2.36. The van der Waals surface area contributed by atoms with Gasteiger partial charge in [-0.25, -0.2) is 4.79 Å². The monoisotopic (exact) mass is 331 g/mol. The van der Waals surface area contributed by atoms with Crippen molar-refractivity contribution in [1.82, 2.24) is 5.32 Å². The summed E-state index contributed by atoms with van der Waals surface area (Å²) < 4.78 is 10.6.